The lowest BCUT2D eigenvalue weighted by Crippen LogP contribution is -2.36. The van der Waals surface area contributed by atoms with Crippen molar-refractivity contribution in [3.63, 3.8) is 0 Å². The number of amides is 1. The van der Waals surface area contributed by atoms with Crippen LogP contribution >= 0.6 is 0 Å². The molecule has 1 N–H and O–H groups in total. The number of Topliss-reactive ketones (excluding diaryl/α,β-unsaturated/α-hetero) is 1. The van der Waals surface area contributed by atoms with Crippen molar-refractivity contribution in [1.82, 2.24) is 4.90 Å². The minimum Gasteiger partial charge on any atom is -0.507 e. The molecule has 0 spiro atoms. The van der Waals surface area contributed by atoms with Gasteiger partial charge in [0.15, 0.2) is 0 Å². The maximum Gasteiger partial charge on any atom is 0.295 e. The summed E-state index contributed by atoms with van der Waals surface area (Å²) in [5.74, 6) is 0.335. The van der Waals surface area contributed by atoms with E-state index in [2.05, 4.69) is 6.92 Å². The Morgan fingerprint density at radius 2 is 1.74 bits per heavy atom. The van der Waals surface area contributed by atoms with Crippen LogP contribution in [-0.4, -0.2) is 47.6 Å². The first kappa shape index (κ1) is 26.5. The third kappa shape index (κ3) is 5.99. The first-order valence-corrected chi connectivity index (χ1v) is 13.5. The number of para-hydroxylation sites is 1. The molecule has 39 heavy (non-hydrogen) atoms. The van der Waals surface area contributed by atoms with Gasteiger partial charge in [-0.1, -0.05) is 43.7 Å². The summed E-state index contributed by atoms with van der Waals surface area (Å²) in [5.41, 5.74) is 1.16. The van der Waals surface area contributed by atoms with Crippen molar-refractivity contribution >= 4 is 17.4 Å². The van der Waals surface area contributed by atoms with E-state index in [1.165, 1.54) is 4.90 Å². The molecule has 2 aliphatic heterocycles. The zero-order valence-electron chi connectivity index (χ0n) is 22.0. The lowest BCUT2D eigenvalue weighted by atomic mass is 9.95. The fourth-order valence-electron chi connectivity index (χ4n) is 4.99. The lowest BCUT2D eigenvalue weighted by Gasteiger charge is -2.27. The van der Waals surface area contributed by atoms with Gasteiger partial charge in [-0.2, -0.15) is 0 Å². The van der Waals surface area contributed by atoms with Gasteiger partial charge in [0, 0.05) is 18.7 Å². The van der Waals surface area contributed by atoms with E-state index >= 15 is 0 Å². The van der Waals surface area contributed by atoms with Gasteiger partial charge in [-0.25, -0.2) is 0 Å². The average molecular weight is 528 g/mol. The average Bonchev–Trinajstić information content (AvgIpc) is 3.56. The topological polar surface area (TPSA) is 85.3 Å². The minimum absolute atomic E-state index is 0.0505. The molecule has 2 heterocycles. The van der Waals surface area contributed by atoms with E-state index in [-0.39, 0.29) is 24.0 Å². The molecule has 2 saturated heterocycles. The number of carbonyl (C=O) groups excluding carboxylic acids is 2. The van der Waals surface area contributed by atoms with Gasteiger partial charge in [-0.05, 0) is 73.4 Å². The highest BCUT2D eigenvalue weighted by atomic mass is 16.5. The number of aliphatic hydroxyl groups is 1. The molecule has 3 aromatic rings. The predicted octanol–water partition coefficient (Wildman–Crippen LogP) is 6.26. The number of unbranched alkanes of at least 4 members (excludes halogenated alkanes) is 1. The summed E-state index contributed by atoms with van der Waals surface area (Å²) in [5, 5.41) is 11.4. The maximum atomic E-state index is 13.4. The van der Waals surface area contributed by atoms with Crippen LogP contribution in [-0.2, 0) is 14.3 Å². The largest absolute Gasteiger partial charge is 0.507 e. The van der Waals surface area contributed by atoms with Gasteiger partial charge in [0.25, 0.3) is 11.7 Å². The molecule has 0 saturated carbocycles. The van der Waals surface area contributed by atoms with Crippen LogP contribution in [0.2, 0.25) is 0 Å². The lowest BCUT2D eigenvalue weighted by molar-refractivity contribution is -0.140. The van der Waals surface area contributed by atoms with Gasteiger partial charge in [0.2, 0.25) is 0 Å². The number of nitrogens with zero attached hydrogens (tertiary/aromatic N) is 1. The monoisotopic (exact) mass is 527 g/mol. The number of hydrogen-bond acceptors (Lipinski definition) is 6. The van der Waals surface area contributed by atoms with Crippen molar-refractivity contribution in [3.05, 3.63) is 95.6 Å². The van der Waals surface area contributed by atoms with Gasteiger partial charge >= 0.3 is 0 Å². The van der Waals surface area contributed by atoms with Crippen molar-refractivity contribution in [2.75, 3.05) is 19.8 Å². The van der Waals surface area contributed by atoms with E-state index in [9.17, 15) is 14.7 Å². The molecule has 0 aromatic heterocycles. The minimum atomic E-state index is -0.783. The highest BCUT2D eigenvalue weighted by Crippen LogP contribution is 2.41. The second kappa shape index (κ2) is 12.2. The van der Waals surface area contributed by atoms with Crippen LogP contribution in [0.3, 0.4) is 0 Å². The molecule has 0 radical (unpaired) electrons. The first-order chi connectivity index (χ1) is 19.0. The van der Waals surface area contributed by atoms with Gasteiger partial charge in [-0.15, -0.1) is 0 Å². The summed E-state index contributed by atoms with van der Waals surface area (Å²) >= 11 is 0. The third-order valence-electron chi connectivity index (χ3n) is 7.01. The maximum absolute atomic E-state index is 13.4. The van der Waals surface area contributed by atoms with Crippen LogP contribution < -0.4 is 9.47 Å². The fraction of sp³-hybridized carbons (Fsp3) is 0.312. The molecular weight excluding hydrogens is 494 g/mol. The van der Waals surface area contributed by atoms with E-state index in [1.54, 1.807) is 24.3 Å². The molecular formula is C32H33NO6. The first-order valence-electron chi connectivity index (χ1n) is 13.5. The quantitative estimate of drug-likeness (QED) is 0.145. The third-order valence-corrected chi connectivity index (χ3v) is 7.01. The van der Waals surface area contributed by atoms with Gasteiger partial charge in [-0.3, -0.25) is 9.59 Å². The van der Waals surface area contributed by atoms with Crippen LogP contribution in [0.15, 0.2) is 84.4 Å². The van der Waals surface area contributed by atoms with Gasteiger partial charge in [0.1, 0.15) is 23.0 Å². The normalized spacial score (nSPS) is 20.4. The highest BCUT2D eigenvalue weighted by Gasteiger charge is 2.47. The van der Waals surface area contributed by atoms with E-state index in [1.807, 2.05) is 54.6 Å². The molecule has 202 valence electrons. The Kier molecular flexibility index (Phi) is 8.27. The molecule has 0 aliphatic carbocycles. The van der Waals surface area contributed by atoms with Gasteiger partial charge < -0.3 is 24.2 Å². The molecule has 3 aromatic carbocycles. The van der Waals surface area contributed by atoms with E-state index in [0.29, 0.717) is 41.6 Å². The zero-order valence-corrected chi connectivity index (χ0v) is 22.0. The van der Waals surface area contributed by atoms with Crippen molar-refractivity contribution in [2.24, 2.45) is 0 Å². The molecule has 0 unspecified atom stereocenters. The summed E-state index contributed by atoms with van der Waals surface area (Å²) in [6, 6.07) is 22.8. The highest BCUT2D eigenvalue weighted by molar-refractivity contribution is 6.46. The number of rotatable bonds is 10. The second-order valence-corrected chi connectivity index (χ2v) is 9.80. The Morgan fingerprint density at radius 1 is 0.974 bits per heavy atom. The Morgan fingerprint density at radius 3 is 2.46 bits per heavy atom. The number of likely N-dealkylation sites (tertiary alicyclic amines) is 1. The Bertz CT molecular complexity index is 1330. The fourth-order valence-corrected chi connectivity index (χ4v) is 4.99. The molecule has 2 aliphatic rings. The zero-order chi connectivity index (χ0) is 27.2. The van der Waals surface area contributed by atoms with E-state index < -0.39 is 17.7 Å². The Balaban J connectivity index is 1.51. The van der Waals surface area contributed by atoms with Gasteiger partial charge in [0.05, 0.1) is 24.3 Å². The summed E-state index contributed by atoms with van der Waals surface area (Å²) in [7, 11) is 0. The van der Waals surface area contributed by atoms with Crippen molar-refractivity contribution < 1.29 is 28.9 Å². The van der Waals surface area contributed by atoms with Crippen molar-refractivity contribution in [3.8, 4) is 17.2 Å². The summed E-state index contributed by atoms with van der Waals surface area (Å²) in [4.78, 5) is 28.2. The van der Waals surface area contributed by atoms with Crippen LogP contribution in [0, 0.1) is 0 Å². The number of ketones is 1. The second-order valence-electron chi connectivity index (χ2n) is 9.80. The molecule has 5 rings (SSSR count). The number of carbonyl (C=O) groups is 2. The van der Waals surface area contributed by atoms with Crippen LogP contribution in [0.25, 0.3) is 5.76 Å². The summed E-state index contributed by atoms with van der Waals surface area (Å²) in [6.07, 6.45) is 3.54. The Hall–Kier alpha value is -4.10. The summed E-state index contributed by atoms with van der Waals surface area (Å²) in [6.45, 7) is 3.60. The van der Waals surface area contributed by atoms with E-state index in [0.717, 1.165) is 25.7 Å². The number of aliphatic hydroxyl groups excluding tert-OH is 1. The van der Waals surface area contributed by atoms with Crippen molar-refractivity contribution in [1.29, 1.82) is 0 Å². The standard InChI is InChI=1S/C32H33NO6/c1-2-3-18-37-24-16-14-22(15-17-24)30(34)28-29(33(32(36)31(28)35)21-27-13-8-19-38-27)23-9-7-12-26(20-23)39-25-10-5-4-6-11-25/h4-7,9-12,14-17,20,27,29,34H,2-3,8,13,18-19,21H2,1H3/t27-,29+/m1/s1. The molecule has 2 fully saturated rings. The molecule has 7 nitrogen and oxygen atoms in total. The van der Waals surface area contributed by atoms with Crippen molar-refractivity contribution in [2.45, 2.75) is 44.8 Å². The number of hydrogen-bond donors (Lipinski definition) is 1. The van der Waals surface area contributed by atoms with Crippen LogP contribution in [0.4, 0.5) is 0 Å². The van der Waals surface area contributed by atoms with E-state index in [4.69, 9.17) is 14.2 Å². The number of ether oxygens (including phenoxy) is 3. The molecule has 2 atom stereocenters. The molecule has 1 amide bonds. The number of benzene rings is 3. The SMILES string of the molecule is CCCCOc1ccc(C(O)=C2C(=O)C(=O)N(C[C@H]3CCCO3)[C@H]2c2cccc(Oc3ccccc3)c2)cc1. The molecule has 0 bridgehead atoms. The van der Waals surface area contributed by atoms with Crippen LogP contribution in [0.5, 0.6) is 17.2 Å². The Labute approximate surface area is 228 Å². The summed E-state index contributed by atoms with van der Waals surface area (Å²) < 4.78 is 17.6. The predicted molar refractivity (Wildman–Crippen MR) is 148 cm³/mol. The molecule has 7 heteroatoms. The van der Waals surface area contributed by atoms with Crippen LogP contribution in [0.1, 0.15) is 49.8 Å². The smallest absolute Gasteiger partial charge is 0.295 e.